The second kappa shape index (κ2) is 4.87. The van der Waals surface area contributed by atoms with Crippen LogP contribution in [0.2, 0.25) is 0 Å². The van der Waals surface area contributed by atoms with Crippen LogP contribution in [-0.4, -0.2) is 21.0 Å². The van der Waals surface area contributed by atoms with Crippen LogP contribution in [0.25, 0.3) is 11.3 Å². The van der Waals surface area contributed by atoms with Crippen LogP contribution in [0.5, 0.6) is 0 Å². The predicted octanol–water partition coefficient (Wildman–Crippen LogP) is 2.05. The van der Waals surface area contributed by atoms with Crippen molar-refractivity contribution in [1.82, 2.24) is 9.97 Å². The molecule has 92 valence electrons. The van der Waals surface area contributed by atoms with Gasteiger partial charge in [0, 0.05) is 5.56 Å². The summed E-state index contributed by atoms with van der Waals surface area (Å²) in [6.07, 6.45) is 0.939. The number of halogens is 2. The van der Waals surface area contributed by atoms with Crippen LogP contribution in [0.1, 0.15) is 5.69 Å². The molecule has 0 aliphatic heterocycles. The molecule has 0 atom stereocenters. The number of benzene rings is 1. The SMILES string of the molecule is O=C(O)Cc1cc(-c2ccc(F)c(F)c2)ncn1. The molecular weight excluding hydrogens is 242 g/mol. The third-order valence-electron chi connectivity index (χ3n) is 2.27. The Balaban J connectivity index is 2.38. The van der Waals surface area contributed by atoms with Crippen molar-refractivity contribution in [2.24, 2.45) is 0 Å². The highest BCUT2D eigenvalue weighted by Crippen LogP contribution is 2.19. The molecule has 1 N–H and O–H groups in total. The van der Waals surface area contributed by atoms with Gasteiger partial charge in [-0.2, -0.15) is 0 Å². The lowest BCUT2D eigenvalue weighted by Gasteiger charge is -2.03. The molecule has 0 unspecified atom stereocenters. The number of carbonyl (C=O) groups is 1. The lowest BCUT2D eigenvalue weighted by molar-refractivity contribution is -0.136. The summed E-state index contributed by atoms with van der Waals surface area (Å²) in [6, 6.07) is 4.79. The first-order chi connectivity index (χ1) is 8.56. The van der Waals surface area contributed by atoms with Gasteiger partial charge in [0.05, 0.1) is 17.8 Å². The van der Waals surface area contributed by atoms with Gasteiger partial charge in [-0.1, -0.05) is 0 Å². The van der Waals surface area contributed by atoms with Crippen molar-refractivity contribution in [3.8, 4) is 11.3 Å². The zero-order valence-corrected chi connectivity index (χ0v) is 9.10. The van der Waals surface area contributed by atoms with Gasteiger partial charge in [0.25, 0.3) is 0 Å². The average Bonchev–Trinajstić information content (AvgIpc) is 2.32. The molecule has 0 saturated carbocycles. The van der Waals surface area contributed by atoms with Gasteiger partial charge in [-0.05, 0) is 24.3 Å². The Kier molecular flexibility index (Phi) is 3.27. The largest absolute Gasteiger partial charge is 0.481 e. The molecule has 1 heterocycles. The average molecular weight is 250 g/mol. The van der Waals surface area contributed by atoms with Crippen LogP contribution in [0.15, 0.2) is 30.6 Å². The summed E-state index contributed by atoms with van der Waals surface area (Å²) >= 11 is 0. The third-order valence-corrected chi connectivity index (χ3v) is 2.27. The van der Waals surface area contributed by atoms with Gasteiger partial charge in [-0.15, -0.1) is 0 Å². The van der Waals surface area contributed by atoms with Crippen molar-refractivity contribution in [1.29, 1.82) is 0 Å². The summed E-state index contributed by atoms with van der Waals surface area (Å²) in [5.41, 5.74) is 1.01. The monoisotopic (exact) mass is 250 g/mol. The lowest BCUT2D eigenvalue weighted by atomic mass is 10.1. The second-order valence-electron chi connectivity index (χ2n) is 3.59. The van der Waals surface area contributed by atoms with E-state index in [-0.39, 0.29) is 6.42 Å². The Morgan fingerprint density at radius 3 is 2.61 bits per heavy atom. The van der Waals surface area contributed by atoms with E-state index in [0.717, 1.165) is 12.1 Å². The van der Waals surface area contributed by atoms with E-state index in [2.05, 4.69) is 9.97 Å². The first-order valence-electron chi connectivity index (χ1n) is 5.04. The molecule has 0 saturated heterocycles. The van der Waals surface area contributed by atoms with Crippen molar-refractivity contribution in [2.45, 2.75) is 6.42 Å². The van der Waals surface area contributed by atoms with E-state index < -0.39 is 17.6 Å². The Bertz CT molecular complexity index is 602. The van der Waals surface area contributed by atoms with Crippen LogP contribution in [0.3, 0.4) is 0 Å². The molecule has 6 heteroatoms. The maximum Gasteiger partial charge on any atom is 0.309 e. The first kappa shape index (κ1) is 12.1. The minimum Gasteiger partial charge on any atom is -0.481 e. The minimum absolute atomic E-state index is 0.251. The van der Waals surface area contributed by atoms with Crippen LogP contribution in [0, 0.1) is 11.6 Å². The molecule has 1 aromatic carbocycles. The first-order valence-corrected chi connectivity index (χ1v) is 5.04. The number of aliphatic carboxylic acids is 1. The Hall–Kier alpha value is -2.37. The summed E-state index contributed by atoms with van der Waals surface area (Å²) < 4.78 is 25.8. The van der Waals surface area contributed by atoms with Crippen LogP contribution < -0.4 is 0 Å². The summed E-state index contributed by atoms with van der Waals surface area (Å²) in [4.78, 5) is 18.2. The minimum atomic E-state index is -1.02. The molecule has 4 nitrogen and oxygen atoms in total. The highest BCUT2D eigenvalue weighted by Gasteiger charge is 2.08. The van der Waals surface area contributed by atoms with Crippen LogP contribution in [0.4, 0.5) is 8.78 Å². The molecule has 2 rings (SSSR count). The van der Waals surface area contributed by atoms with Gasteiger partial charge in [0.1, 0.15) is 6.33 Å². The van der Waals surface area contributed by atoms with Crippen molar-refractivity contribution in [2.75, 3.05) is 0 Å². The predicted molar refractivity (Wildman–Crippen MR) is 58.7 cm³/mol. The molecule has 0 bridgehead atoms. The van der Waals surface area contributed by atoms with E-state index in [9.17, 15) is 13.6 Å². The molecule has 18 heavy (non-hydrogen) atoms. The highest BCUT2D eigenvalue weighted by atomic mass is 19.2. The molecule has 0 radical (unpaired) electrons. The number of hydrogen-bond donors (Lipinski definition) is 1. The summed E-state index contributed by atoms with van der Waals surface area (Å²) in [5, 5.41) is 8.64. The van der Waals surface area contributed by atoms with E-state index >= 15 is 0 Å². The van der Waals surface area contributed by atoms with Crippen LogP contribution >= 0.6 is 0 Å². The van der Waals surface area contributed by atoms with Crippen LogP contribution in [-0.2, 0) is 11.2 Å². The normalized spacial score (nSPS) is 10.3. The number of rotatable bonds is 3. The van der Waals surface area contributed by atoms with Gasteiger partial charge in [0.15, 0.2) is 11.6 Å². The highest BCUT2D eigenvalue weighted by molar-refractivity contribution is 5.70. The number of nitrogens with zero attached hydrogens (tertiary/aromatic N) is 2. The quantitative estimate of drug-likeness (QED) is 0.905. The Labute approximate surface area is 101 Å². The van der Waals surface area contributed by atoms with Gasteiger partial charge >= 0.3 is 5.97 Å². The van der Waals surface area contributed by atoms with E-state index in [1.54, 1.807) is 0 Å². The van der Waals surface area contributed by atoms with Crippen molar-refractivity contribution >= 4 is 5.97 Å². The molecular formula is C12H8F2N2O2. The number of carboxylic acid groups (broad SMARTS) is 1. The fourth-order valence-corrected chi connectivity index (χ4v) is 1.46. The smallest absolute Gasteiger partial charge is 0.309 e. The van der Waals surface area contributed by atoms with Gasteiger partial charge in [-0.3, -0.25) is 4.79 Å². The van der Waals surface area contributed by atoms with E-state index in [1.807, 2.05) is 0 Å². The fraction of sp³-hybridized carbons (Fsp3) is 0.0833. The molecule has 1 aromatic heterocycles. The van der Waals surface area contributed by atoms with Gasteiger partial charge in [-0.25, -0.2) is 18.7 Å². The van der Waals surface area contributed by atoms with Crippen molar-refractivity contribution < 1.29 is 18.7 Å². The van der Waals surface area contributed by atoms with E-state index in [4.69, 9.17) is 5.11 Å². The Morgan fingerprint density at radius 2 is 1.94 bits per heavy atom. The zero-order chi connectivity index (χ0) is 13.1. The molecule has 0 fully saturated rings. The fourth-order valence-electron chi connectivity index (χ4n) is 1.46. The zero-order valence-electron chi connectivity index (χ0n) is 9.10. The number of aromatic nitrogens is 2. The number of carboxylic acids is 1. The van der Waals surface area contributed by atoms with Crippen molar-refractivity contribution in [3.05, 3.63) is 47.9 Å². The van der Waals surface area contributed by atoms with E-state index in [1.165, 1.54) is 18.5 Å². The summed E-state index contributed by atoms with van der Waals surface area (Å²) in [7, 11) is 0. The Morgan fingerprint density at radius 1 is 1.17 bits per heavy atom. The summed E-state index contributed by atoms with van der Waals surface area (Å²) in [5.74, 6) is -2.95. The molecule has 0 aliphatic carbocycles. The van der Waals surface area contributed by atoms with E-state index in [0.29, 0.717) is 17.0 Å². The molecule has 0 amide bonds. The molecule has 0 spiro atoms. The van der Waals surface area contributed by atoms with Crippen molar-refractivity contribution in [3.63, 3.8) is 0 Å². The molecule has 0 aliphatic rings. The van der Waals surface area contributed by atoms with Gasteiger partial charge < -0.3 is 5.11 Å². The third kappa shape index (κ3) is 2.65. The maximum absolute atomic E-state index is 13.1. The topological polar surface area (TPSA) is 63.1 Å². The lowest BCUT2D eigenvalue weighted by Crippen LogP contribution is -2.03. The number of hydrogen-bond acceptors (Lipinski definition) is 3. The van der Waals surface area contributed by atoms with Gasteiger partial charge in [0.2, 0.25) is 0 Å². The standard InChI is InChI=1S/C12H8F2N2O2/c13-9-2-1-7(3-10(9)14)11-4-8(5-12(17)18)15-6-16-11/h1-4,6H,5H2,(H,17,18). The summed E-state index contributed by atoms with van der Waals surface area (Å²) in [6.45, 7) is 0. The molecule has 2 aromatic rings. The maximum atomic E-state index is 13.1. The second-order valence-corrected chi connectivity index (χ2v) is 3.59.